The molecule has 0 aromatic heterocycles. The van der Waals surface area contributed by atoms with Crippen LogP contribution < -0.4 is 0 Å². The molecule has 0 bridgehead atoms. The number of benzene rings is 1. The van der Waals surface area contributed by atoms with Gasteiger partial charge in [0.1, 0.15) is 0 Å². The van der Waals surface area contributed by atoms with Gasteiger partial charge in [-0.05, 0) is 43.8 Å². The third-order valence-corrected chi connectivity index (χ3v) is 5.07. The van der Waals surface area contributed by atoms with Crippen LogP contribution in [-0.4, -0.2) is 41.6 Å². The highest BCUT2D eigenvalue weighted by atomic mass is 79.9. The highest BCUT2D eigenvalue weighted by Gasteiger charge is 2.16. The molecule has 0 saturated heterocycles. The summed E-state index contributed by atoms with van der Waals surface area (Å²) in [6, 6.07) is 6.19. The molecule has 0 amide bonds. The molecule has 114 valence electrons. The van der Waals surface area contributed by atoms with Crippen molar-refractivity contribution in [1.82, 2.24) is 4.90 Å². The van der Waals surface area contributed by atoms with Crippen molar-refractivity contribution in [3.05, 3.63) is 33.3 Å². The number of thioether (sulfide) groups is 1. The van der Waals surface area contributed by atoms with E-state index in [1.807, 2.05) is 30.0 Å². The summed E-state index contributed by atoms with van der Waals surface area (Å²) < 4.78 is 0.932. The number of aliphatic hydroxyl groups excluding tert-OH is 1. The molecule has 0 aliphatic rings. The maximum absolute atomic E-state index is 10.3. The normalized spacial score (nSPS) is 14.6. The third-order valence-electron chi connectivity index (χ3n) is 3.53. The summed E-state index contributed by atoms with van der Waals surface area (Å²) in [5.74, 6) is 1.13. The van der Waals surface area contributed by atoms with Gasteiger partial charge in [0.15, 0.2) is 0 Å². The molecule has 0 spiro atoms. The van der Waals surface area contributed by atoms with Crippen LogP contribution in [0, 0.1) is 0 Å². The minimum absolute atomic E-state index is 0.509. The van der Waals surface area contributed by atoms with Gasteiger partial charge in [-0.3, -0.25) is 0 Å². The Bertz CT molecular complexity index is 419. The molecule has 0 fully saturated rings. The molecule has 1 aromatic carbocycles. The Labute approximate surface area is 140 Å². The van der Waals surface area contributed by atoms with Gasteiger partial charge in [0.05, 0.1) is 6.10 Å². The number of aliphatic hydroxyl groups is 1. The standard InChI is InChI=1S/C15H23BrClNOS/c1-4-12(10-20-3)18(2)8-7-15(19)13-6-5-11(16)9-14(13)17/h5-6,9,12,15,19H,4,7-8,10H2,1-3H3. The van der Waals surface area contributed by atoms with E-state index in [0.717, 1.165) is 28.8 Å². The Morgan fingerprint density at radius 3 is 2.70 bits per heavy atom. The van der Waals surface area contributed by atoms with Crippen molar-refractivity contribution in [1.29, 1.82) is 0 Å². The van der Waals surface area contributed by atoms with Crippen molar-refractivity contribution in [2.75, 3.05) is 25.6 Å². The van der Waals surface area contributed by atoms with Gasteiger partial charge in [0, 0.05) is 27.8 Å². The molecule has 5 heteroatoms. The predicted molar refractivity (Wildman–Crippen MR) is 93.8 cm³/mol. The smallest absolute Gasteiger partial charge is 0.0816 e. The summed E-state index contributed by atoms with van der Waals surface area (Å²) >= 11 is 11.4. The maximum atomic E-state index is 10.3. The fourth-order valence-corrected chi connectivity index (χ4v) is 3.86. The summed E-state index contributed by atoms with van der Waals surface area (Å²) in [5.41, 5.74) is 0.807. The van der Waals surface area contributed by atoms with E-state index in [9.17, 15) is 5.11 Å². The molecule has 1 aromatic rings. The highest BCUT2D eigenvalue weighted by Crippen LogP contribution is 2.28. The van der Waals surface area contributed by atoms with Crippen LogP contribution in [0.4, 0.5) is 0 Å². The van der Waals surface area contributed by atoms with E-state index in [1.54, 1.807) is 0 Å². The molecule has 0 heterocycles. The van der Waals surface area contributed by atoms with E-state index in [-0.39, 0.29) is 0 Å². The lowest BCUT2D eigenvalue weighted by Gasteiger charge is -2.27. The van der Waals surface area contributed by atoms with Crippen LogP contribution in [0.5, 0.6) is 0 Å². The fourth-order valence-electron chi connectivity index (χ4n) is 2.18. The lowest BCUT2D eigenvalue weighted by Crippen LogP contribution is -2.34. The van der Waals surface area contributed by atoms with Gasteiger partial charge in [-0.25, -0.2) is 0 Å². The van der Waals surface area contributed by atoms with Gasteiger partial charge >= 0.3 is 0 Å². The second-order valence-corrected chi connectivity index (χ2v) is 7.20. The van der Waals surface area contributed by atoms with E-state index >= 15 is 0 Å². The molecule has 0 radical (unpaired) electrons. The Kier molecular flexibility index (Phi) is 8.53. The highest BCUT2D eigenvalue weighted by molar-refractivity contribution is 9.10. The van der Waals surface area contributed by atoms with Crippen molar-refractivity contribution in [3.8, 4) is 0 Å². The zero-order chi connectivity index (χ0) is 15.1. The quantitative estimate of drug-likeness (QED) is 0.713. The number of hydrogen-bond donors (Lipinski definition) is 1. The Balaban J connectivity index is 2.55. The monoisotopic (exact) mass is 379 g/mol. The maximum Gasteiger partial charge on any atom is 0.0816 e. The number of nitrogens with zero attached hydrogens (tertiary/aromatic N) is 1. The fraction of sp³-hybridized carbons (Fsp3) is 0.600. The van der Waals surface area contributed by atoms with Crippen molar-refractivity contribution >= 4 is 39.3 Å². The summed E-state index contributed by atoms with van der Waals surface area (Å²) in [5, 5.41) is 10.9. The minimum Gasteiger partial charge on any atom is -0.388 e. The molecule has 0 saturated carbocycles. The largest absolute Gasteiger partial charge is 0.388 e. The second kappa shape index (κ2) is 9.31. The van der Waals surface area contributed by atoms with Crippen molar-refractivity contribution < 1.29 is 5.11 Å². The number of rotatable bonds is 8. The lowest BCUT2D eigenvalue weighted by atomic mass is 10.1. The van der Waals surface area contributed by atoms with E-state index in [4.69, 9.17) is 11.6 Å². The van der Waals surface area contributed by atoms with E-state index in [2.05, 4.69) is 41.1 Å². The Morgan fingerprint density at radius 1 is 1.45 bits per heavy atom. The second-order valence-electron chi connectivity index (χ2n) is 4.97. The van der Waals surface area contributed by atoms with Crippen LogP contribution >= 0.6 is 39.3 Å². The van der Waals surface area contributed by atoms with Crippen LogP contribution in [0.3, 0.4) is 0 Å². The third kappa shape index (κ3) is 5.57. The molecule has 0 aliphatic heterocycles. The SMILES string of the molecule is CCC(CSC)N(C)CCC(O)c1ccc(Br)cc1Cl. The zero-order valence-electron chi connectivity index (χ0n) is 12.3. The first kappa shape index (κ1) is 18.3. The summed E-state index contributed by atoms with van der Waals surface area (Å²) in [7, 11) is 2.13. The van der Waals surface area contributed by atoms with Crippen molar-refractivity contribution in [2.24, 2.45) is 0 Å². The van der Waals surface area contributed by atoms with Gasteiger partial charge in [0.2, 0.25) is 0 Å². The van der Waals surface area contributed by atoms with Crippen LogP contribution in [0.2, 0.25) is 5.02 Å². The molecule has 0 aliphatic carbocycles. The van der Waals surface area contributed by atoms with Crippen LogP contribution in [-0.2, 0) is 0 Å². The molecule has 1 N–H and O–H groups in total. The van der Waals surface area contributed by atoms with E-state index in [1.165, 1.54) is 0 Å². The zero-order valence-corrected chi connectivity index (χ0v) is 15.4. The Hall–Kier alpha value is 0.260. The number of halogens is 2. The van der Waals surface area contributed by atoms with Gasteiger partial charge in [-0.1, -0.05) is 40.5 Å². The summed E-state index contributed by atoms with van der Waals surface area (Å²) in [4.78, 5) is 2.33. The first-order valence-electron chi connectivity index (χ1n) is 6.81. The van der Waals surface area contributed by atoms with Crippen LogP contribution in [0.15, 0.2) is 22.7 Å². The average molecular weight is 381 g/mol. The molecule has 1 rings (SSSR count). The van der Waals surface area contributed by atoms with Gasteiger partial charge in [-0.2, -0.15) is 11.8 Å². The molecule has 2 nitrogen and oxygen atoms in total. The lowest BCUT2D eigenvalue weighted by molar-refractivity contribution is 0.139. The minimum atomic E-state index is -0.509. The molecular formula is C15H23BrClNOS. The summed E-state index contributed by atoms with van der Waals surface area (Å²) in [6.07, 6.45) is 3.45. The molecule has 20 heavy (non-hydrogen) atoms. The van der Waals surface area contributed by atoms with E-state index < -0.39 is 6.10 Å². The van der Waals surface area contributed by atoms with Gasteiger partial charge in [0.25, 0.3) is 0 Å². The molecule has 2 atom stereocenters. The van der Waals surface area contributed by atoms with Crippen molar-refractivity contribution in [2.45, 2.75) is 31.9 Å². The summed E-state index contributed by atoms with van der Waals surface area (Å²) in [6.45, 7) is 3.08. The van der Waals surface area contributed by atoms with Gasteiger partial charge < -0.3 is 10.0 Å². The molecular weight excluding hydrogens is 358 g/mol. The van der Waals surface area contributed by atoms with E-state index in [0.29, 0.717) is 17.5 Å². The van der Waals surface area contributed by atoms with Gasteiger partial charge in [-0.15, -0.1) is 0 Å². The number of hydrogen-bond acceptors (Lipinski definition) is 3. The average Bonchev–Trinajstić information content (AvgIpc) is 2.41. The first-order chi connectivity index (χ1) is 9.49. The van der Waals surface area contributed by atoms with Crippen LogP contribution in [0.25, 0.3) is 0 Å². The molecule has 2 unspecified atom stereocenters. The topological polar surface area (TPSA) is 23.5 Å². The Morgan fingerprint density at radius 2 is 2.15 bits per heavy atom. The predicted octanol–water partition coefficient (Wildman–Crippen LogP) is 4.60. The first-order valence-corrected chi connectivity index (χ1v) is 9.38. The van der Waals surface area contributed by atoms with Crippen LogP contribution in [0.1, 0.15) is 31.4 Å². The van der Waals surface area contributed by atoms with Crippen molar-refractivity contribution in [3.63, 3.8) is 0 Å².